The van der Waals surface area contributed by atoms with Gasteiger partial charge in [-0.1, -0.05) is 219 Å². The molecule has 1 atom stereocenters. The fraction of sp³-hybridized carbons (Fsp3) is 0.500. The highest BCUT2D eigenvalue weighted by Crippen LogP contribution is 2.68. The van der Waals surface area contributed by atoms with E-state index in [0.29, 0.717) is 33.2 Å². The molecule has 9 nitrogen and oxygen atoms in total. The molecule has 0 spiro atoms. The normalized spacial score (nSPS) is 14.8. The zero-order chi connectivity index (χ0) is 46.0. The molecule has 0 aromatic heterocycles. The summed E-state index contributed by atoms with van der Waals surface area (Å²) in [4.78, 5) is 46.2. The average molecular weight is 956 g/mol. The highest BCUT2D eigenvalue weighted by molar-refractivity contribution is 8.26. The highest BCUT2D eigenvalue weighted by atomic mass is 32.2. The zero-order valence-corrected chi connectivity index (χ0v) is 41.9. The molecule has 0 N–H and O–H groups in total. The summed E-state index contributed by atoms with van der Waals surface area (Å²) in [6.45, 7) is 10.4. The van der Waals surface area contributed by atoms with Crippen LogP contribution in [0.3, 0.4) is 0 Å². The predicted octanol–water partition coefficient (Wildman–Crippen LogP) is 14.3. The Morgan fingerprint density at radius 1 is 0.615 bits per heavy atom. The summed E-state index contributed by atoms with van der Waals surface area (Å²) in [5.41, 5.74) is 1.94. The molecule has 0 bridgehead atoms. The van der Waals surface area contributed by atoms with Crippen LogP contribution in [0.15, 0.2) is 99.9 Å². The van der Waals surface area contributed by atoms with E-state index in [1.54, 1.807) is 10.0 Å². The summed E-state index contributed by atoms with van der Waals surface area (Å²) in [7, 11) is 0. The number of nitrogens with zero attached hydrogens (tertiary/aromatic N) is 3. The molecule has 0 saturated carbocycles. The van der Waals surface area contributed by atoms with Crippen molar-refractivity contribution in [1.82, 2.24) is 10.0 Å². The molecule has 348 valence electrons. The van der Waals surface area contributed by atoms with Gasteiger partial charge >= 0.3 is 5.97 Å². The first kappa shape index (κ1) is 50.5. The topological polar surface area (TPSA) is 109 Å². The number of unbranched alkanes of at least 4 members (excludes halogenated alkanes) is 11. The summed E-state index contributed by atoms with van der Waals surface area (Å²) >= 11 is 5.46. The van der Waals surface area contributed by atoms with Gasteiger partial charge < -0.3 is 14.2 Å². The van der Waals surface area contributed by atoms with Crippen molar-refractivity contribution in [3.05, 3.63) is 91.4 Å². The van der Waals surface area contributed by atoms with Gasteiger partial charge in [-0.05, 0) is 36.3 Å². The molecule has 0 radical (unpaired) electrons. The first-order valence-corrected chi connectivity index (χ1v) is 27.1. The van der Waals surface area contributed by atoms with Crippen molar-refractivity contribution < 1.29 is 28.6 Å². The number of hydrogen-bond donors (Lipinski definition) is 0. The van der Waals surface area contributed by atoms with Crippen LogP contribution in [0.4, 0.5) is 0 Å². The molecule has 1 saturated heterocycles. The molecule has 1 unspecified atom stereocenters. The second-order valence-corrected chi connectivity index (χ2v) is 21.4. The summed E-state index contributed by atoms with van der Waals surface area (Å²) in [5.74, 6) is 0.195. The van der Waals surface area contributed by atoms with Crippen LogP contribution >= 0.6 is 47.0 Å². The minimum absolute atomic E-state index is 0.0206. The van der Waals surface area contributed by atoms with E-state index in [2.05, 4.69) is 33.8 Å². The molecule has 3 heterocycles. The Hall–Kier alpha value is -3.96. The van der Waals surface area contributed by atoms with E-state index in [-0.39, 0.29) is 48.6 Å². The van der Waals surface area contributed by atoms with Crippen LogP contribution in [0.1, 0.15) is 142 Å². The fourth-order valence-electron chi connectivity index (χ4n) is 7.89. The lowest BCUT2D eigenvalue weighted by atomic mass is 10.0. The minimum Gasteiger partial charge on any atom is -0.491 e. The first-order chi connectivity index (χ1) is 31.8. The van der Waals surface area contributed by atoms with E-state index >= 15 is 0 Å². The maximum atomic E-state index is 14.7. The lowest BCUT2D eigenvalue weighted by Gasteiger charge is -2.27. The van der Waals surface area contributed by atoms with Crippen LogP contribution in [-0.2, 0) is 32.2 Å². The lowest BCUT2D eigenvalue weighted by molar-refractivity contribution is -0.149. The number of benzene rings is 3. The number of amides is 2. The highest BCUT2D eigenvalue weighted by Gasteiger charge is 2.46. The Morgan fingerprint density at radius 3 is 1.51 bits per heavy atom. The van der Waals surface area contributed by atoms with Crippen molar-refractivity contribution in [2.75, 3.05) is 19.8 Å². The van der Waals surface area contributed by atoms with Gasteiger partial charge in [0.2, 0.25) is 0 Å². The number of nitriles is 1. The fourth-order valence-corrected chi connectivity index (χ4v) is 13.4. The summed E-state index contributed by atoms with van der Waals surface area (Å²) < 4.78 is 20.5. The van der Waals surface area contributed by atoms with Gasteiger partial charge in [0.15, 0.2) is 5.57 Å². The van der Waals surface area contributed by atoms with E-state index in [0.717, 1.165) is 94.9 Å². The number of carbonyl (C=O) groups is 3. The summed E-state index contributed by atoms with van der Waals surface area (Å²) in [6, 6.07) is 21.7. The van der Waals surface area contributed by atoms with E-state index in [1.165, 1.54) is 85.6 Å². The third-order valence-electron chi connectivity index (χ3n) is 11.8. The van der Waals surface area contributed by atoms with Crippen molar-refractivity contribution in [2.24, 2.45) is 5.92 Å². The van der Waals surface area contributed by atoms with Gasteiger partial charge in [-0.3, -0.25) is 9.59 Å². The van der Waals surface area contributed by atoms with E-state index in [9.17, 15) is 19.6 Å². The van der Waals surface area contributed by atoms with Crippen molar-refractivity contribution in [3.63, 3.8) is 0 Å². The monoisotopic (exact) mass is 955 g/mol. The van der Waals surface area contributed by atoms with Crippen molar-refractivity contribution in [1.29, 1.82) is 5.26 Å². The van der Waals surface area contributed by atoms with Crippen molar-refractivity contribution in [3.8, 4) is 17.6 Å². The first-order valence-electron chi connectivity index (χ1n) is 23.8. The zero-order valence-electron chi connectivity index (χ0n) is 38.6. The predicted molar refractivity (Wildman–Crippen MR) is 266 cm³/mol. The molecule has 2 amide bonds. The van der Waals surface area contributed by atoms with Crippen molar-refractivity contribution in [2.45, 2.75) is 163 Å². The van der Waals surface area contributed by atoms with Gasteiger partial charge in [0.25, 0.3) is 11.8 Å². The molecule has 3 aliphatic heterocycles. The molecule has 13 heteroatoms. The number of carbonyl (C=O) groups excluding carboxylic acids is 3. The standard InChI is InChI=1S/C52H65N3O6S4/c1-5-9-12-14-16-24-31-59-42-44-45(63-51(62-44)40(33-53)50(58)61-36-37(8-4)26-11-7-3)43(60-32-25-17-15-13-10-6-2)47-46(42)64-52(65-47)41-48(56)54(34-38-27-20-18-21-28-38)55(49(41)57)35-39-29-22-19-23-30-39/h18-23,27-30,37H,5-17,24-26,31-32,34-36H2,1-4H3. The quantitative estimate of drug-likeness (QED) is 0.0239. The molecular weight excluding hydrogens is 891 g/mol. The molecule has 1 fully saturated rings. The Morgan fingerprint density at radius 2 is 1.06 bits per heavy atom. The number of fused-ring (bicyclic) bond motifs is 2. The van der Waals surface area contributed by atoms with Gasteiger partial charge in [-0.25, -0.2) is 14.8 Å². The lowest BCUT2D eigenvalue weighted by Crippen LogP contribution is -2.39. The molecule has 3 aromatic rings. The number of thioether (sulfide) groups is 4. The molecule has 65 heavy (non-hydrogen) atoms. The maximum absolute atomic E-state index is 14.7. The third kappa shape index (κ3) is 13.4. The van der Waals surface area contributed by atoms with Crippen LogP contribution in [0, 0.1) is 17.2 Å². The number of hydrogen-bond acceptors (Lipinski definition) is 11. The van der Waals surface area contributed by atoms with Crippen LogP contribution in [0.25, 0.3) is 0 Å². The van der Waals surface area contributed by atoms with Gasteiger partial charge in [0, 0.05) is 0 Å². The van der Waals surface area contributed by atoms with Gasteiger partial charge in [0.05, 0.1) is 61.0 Å². The third-order valence-corrected chi connectivity index (χ3v) is 17.0. The summed E-state index contributed by atoms with van der Waals surface area (Å²) in [5, 5.41) is 13.6. The maximum Gasteiger partial charge on any atom is 0.350 e. The van der Waals surface area contributed by atoms with E-state index < -0.39 is 5.97 Å². The van der Waals surface area contributed by atoms with Gasteiger partial charge in [-0.2, -0.15) is 5.26 Å². The molecule has 3 aromatic carbocycles. The van der Waals surface area contributed by atoms with Crippen LogP contribution < -0.4 is 9.47 Å². The van der Waals surface area contributed by atoms with Crippen LogP contribution in [0.5, 0.6) is 11.5 Å². The van der Waals surface area contributed by atoms with E-state index in [4.69, 9.17) is 14.2 Å². The van der Waals surface area contributed by atoms with Gasteiger partial charge in [0.1, 0.15) is 23.1 Å². The van der Waals surface area contributed by atoms with Crippen LogP contribution in [0.2, 0.25) is 0 Å². The largest absolute Gasteiger partial charge is 0.491 e. The average Bonchev–Trinajstić information content (AvgIpc) is 4.01. The Kier molecular flexibility index (Phi) is 20.5. The number of rotatable bonds is 27. The van der Waals surface area contributed by atoms with Crippen molar-refractivity contribution >= 4 is 64.8 Å². The Balaban J connectivity index is 1.38. The molecular formula is C52H65N3O6S4. The number of hydrazine groups is 1. The smallest absolute Gasteiger partial charge is 0.350 e. The summed E-state index contributed by atoms with van der Waals surface area (Å²) in [6.07, 6.45) is 17.2. The molecule has 3 aliphatic rings. The molecule has 6 rings (SSSR count). The van der Waals surface area contributed by atoms with Gasteiger partial charge in [-0.15, -0.1) is 0 Å². The number of esters is 1. The van der Waals surface area contributed by atoms with E-state index in [1.807, 2.05) is 60.7 Å². The second-order valence-electron chi connectivity index (χ2n) is 16.8. The Bertz CT molecular complexity index is 2070. The molecule has 0 aliphatic carbocycles. The Labute approximate surface area is 404 Å². The number of ether oxygens (including phenoxy) is 3. The SMILES string of the molecule is CCCCCCCCOc1c2c(c(OCCCCCCCC)c3c1SC(=C1C(=O)N(Cc4ccccc4)N(Cc4ccccc4)C1=O)S3)SC(=C(C#N)C(=O)OCC(CC)CCCC)S2. The second kappa shape index (κ2) is 26.4. The minimum atomic E-state index is -0.615. The van der Waals surface area contributed by atoms with Crippen LogP contribution in [-0.4, -0.2) is 47.6 Å².